The Kier molecular flexibility index (Phi) is 4.49. The van der Waals surface area contributed by atoms with Gasteiger partial charge in [-0.3, -0.25) is 9.59 Å². The third kappa shape index (κ3) is 3.10. The standard InChI is InChI=1S/C18H21N3O3/c1-11-9-21(10-15(24-11)14-7-5-4-6-8-14)18(23)16-12(2)13(3)19-20-17(16)22/h4-8,11,15H,9-10H2,1-3H3,(H,20,22)/t11-,15+/m1/s1. The highest BCUT2D eigenvalue weighted by Crippen LogP contribution is 2.26. The second-order valence-electron chi connectivity index (χ2n) is 6.19. The lowest BCUT2D eigenvalue weighted by Crippen LogP contribution is -2.47. The molecule has 1 aromatic carbocycles. The van der Waals surface area contributed by atoms with E-state index in [9.17, 15) is 9.59 Å². The number of aromatic amines is 1. The number of nitrogens with one attached hydrogen (secondary N) is 1. The Hall–Kier alpha value is -2.47. The summed E-state index contributed by atoms with van der Waals surface area (Å²) >= 11 is 0. The highest BCUT2D eigenvalue weighted by molar-refractivity contribution is 5.95. The lowest BCUT2D eigenvalue weighted by molar-refractivity contribution is -0.0692. The summed E-state index contributed by atoms with van der Waals surface area (Å²) in [5, 5.41) is 6.31. The monoisotopic (exact) mass is 327 g/mol. The van der Waals surface area contributed by atoms with Gasteiger partial charge in [0, 0.05) is 6.54 Å². The van der Waals surface area contributed by atoms with Crippen LogP contribution in [0.4, 0.5) is 0 Å². The van der Waals surface area contributed by atoms with Gasteiger partial charge in [-0.25, -0.2) is 5.10 Å². The van der Waals surface area contributed by atoms with E-state index in [1.807, 2.05) is 37.3 Å². The van der Waals surface area contributed by atoms with Crippen LogP contribution in [-0.4, -0.2) is 40.2 Å². The second-order valence-corrected chi connectivity index (χ2v) is 6.19. The minimum absolute atomic E-state index is 0.102. The first-order valence-electron chi connectivity index (χ1n) is 8.03. The third-order valence-corrected chi connectivity index (χ3v) is 4.40. The van der Waals surface area contributed by atoms with Crippen LogP contribution >= 0.6 is 0 Å². The Morgan fingerprint density at radius 1 is 1.25 bits per heavy atom. The molecule has 1 saturated heterocycles. The minimum Gasteiger partial charge on any atom is -0.367 e. The fourth-order valence-electron chi connectivity index (χ4n) is 3.01. The number of H-pyrrole nitrogens is 1. The van der Waals surface area contributed by atoms with Crippen LogP contribution < -0.4 is 5.56 Å². The molecule has 24 heavy (non-hydrogen) atoms. The molecule has 1 aromatic heterocycles. The topological polar surface area (TPSA) is 75.3 Å². The number of carbonyl (C=O) groups is 1. The van der Waals surface area contributed by atoms with Crippen molar-refractivity contribution in [3.63, 3.8) is 0 Å². The van der Waals surface area contributed by atoms with Gasteiger partial charge in [0.25, 0.3) is 11.5 Å². The highest BCUT2D eigenvalue weighted by Gasteiger charge is 2.31. The average Bonchev–Trinajstić information content (AvgIpc) is 2.58. The maximum Gasteiger partial charge on any atom is 0.277 e. The molecule has 0 radical (unpaired) electrons. The molecule has 0 bridgehead atoms. The van der Waals surface area contributed by atoms with Gasteiger partial charge in [0.2, 0.25) is 0 Å². The van der Waals surface area contributed by atoms with Crippen molar-refractivity contribution in [1.29, 1.82) is 0 Å². The van der Waals surface area contributed by atoms with E-state index < -0.39 is 5.56 Å². The zero-order valence-corrected chi connectivity index (χ0v) is 14.1. The average molecular weight is 327 g/mol. The van der Waals surface area contributed by atoms with Gasteiger partial charge in [0.15, 0.2) is 0 Å². The molecule has 1 amide bonds. The molecule has 0 aliphatic carbocycles. The number of hydrogen-bond acceptors (Lipinski definition) is 4. The highest BCUT2D eigenvalue weighted by atomic mass is 16.5. The van der Waals surface area contributed by atoms with Gasteiger partial charge in [0.1, 0.15) is 11.7 Å². The predicted molar refractivity (Wildman–Crippen MR) is 90.0 cm³/mol. The van der Waals surface area contributed by atoms with E-state index in [0.29, 0.717) is 24.3 Å². The molecule has 2 atom stereocenters. The van der Waals surface area contributed by atoms with Crippen molar-refractivity contribution in [2.75, 3.05) is 13.1 Å². The molecule has 0 spiro atoms. The number of aromatic nitrogens is 2. The zero-order chi connectivity index (χ0) is 17.3. The Labute approximate surface area is 140 Å². The molecule has 2 aromatic rings. The maximum absolute atomic E-state index is 12.9. The molecule has 126 valence electrons. The molecule has 1 N–H and O–H groups in total. The van der Waals surface area contributed by atoms with E-state index >= 15 is 0 Å². The second kappa shape index (κ2) is 6.57. The van der Waals surface area contributed by atoms with Crippen LogP contribution in [0, 0.1) is 13.8 Å². The first kappa shape index (κ1) is 16.4. The van der Waals surface area contributed by atoms with Crippen LogP contribution in [0.2, 0.25) is 0 Å². The van der Waals surface area contributed by atoms with E-state index in [0.717, 1.165) is 5.56 Å². The van der Waals surface area contributed by atoms with Crippen LogP contribution in [0.25, 0.3) is 0 Å². The van der Waals surface area contributed by atoms with Gasteiger partial charge < -0.3 is 9.64 Å². The zero-order valence-electron chi connectivity index (χ0n) is 14.1. The Bertz CT molecular complexity index is 801. The molecule has 1 fully saturated rings. The number of rotatable bonds is 2. The Morgan fingerprint density at radius 2 is 1.96 bits per heavy atom. The van der Waals surface area contributed by atoms with Gasteiger partial charge in [-0.15, -0.1) is 0 Å². The molecule has 0 saturated carbocycles. The van der Waals surface area contributed by atoms with Crippen molar-refractivity contribution in [2.24, 2.45) is 0 Å². The molecule has 1 aliphatic rings. The summed E-state index contributed by atoms with van der Waals surface area (Å²) in [5.74, 6) is -0.268. The fraction of sp³-hybridized carbons (Fsp3) is 0.389. The SMILES string of the molecule is Cc1n[nH]c(=O)c(C(=O)N2C[C@@H](C)O[C@H](c3ccccc3)C2)c1C. The number of ether oxygens (including phenoxy) is 1. The summed E-state index contributed by atoms with van der Waals surface area (Å²) in [7, 11) is 0. The number of benzene rings is 1. The van der Waals surface area contributed by atoms with Crippen LogP contribution in [0.5, 0.6) is 0 Å². The maximum atomic E-state index is 12.9. The van der Waals surface area contributed by atoms with Crippen LogP contribution in [0.15, 0.2) is 35.1 Å². The molecule has 6 heteroatoms. The minimum atomic E-state index is -0.446. The van der Waals surface area contributed by atoms with Crippen molar-refractivity contribution in [3.8, 4) is 0 Å². The van der Waals surface area contributed by atoms with Gasteiger partial charge in [0.05, 0.1) is 18.3 Å². The summed E-state index contributed by atoms with van der Waals surface area (Å²) in [6.07, 6.45) is -0.295. The largest absolute Gasteiger partial charge is 0.367 e. The number of aryl methyl sites for hydroxylation is 1. The van der Waals surface area contributed by atoms with Gasteiger partial charge in [-0.1, -0.05) is 30.3 Å². The van der Waals surface area contributed by atoms with E-state index in [1.54, 1.807) is 18.7 Å². The van der Waals surface area contributed by atoms with E-state index in [-0.39, 0.29) is 23.7 Å². The van der Waals surface area contributed by atoms with E-state index in [2.05, 4.69) is 10.2 Å². The van der Waals surface area contributed by atoms with Crippen molar-refractivity contribution < 1.29 is 9.53 Å². The first-order chi connectivity index (χ1) is 11.5. The normalized spacial score (nSPS) is 20.9. The molecular weight excluding hydrogens is 306 g/mol. The molecule has 6 nitrogen and oxygen atoms in total. The van der Waals surface area contributed by atoms with Crippen molar-refractivity contribution >= 4 is 5.91 Å². The summed E-state index contributed by atoms with van der Waals surface area (Å²) in [6.45, 7) is 6.35. The van der Waals surface area contributed by atoms with Crippen LogP contribution in [0.1, 0.15) is 40.2 Å². The summed E-state index contributed by atoms with van der Waals surface area (Å²) in [5.41, 5.74) is 2.03. The molecule has 1 aliphatic heterocycles. The Balaban J connectivity index is 1.90. The van der Waals surface area contributed by atoms with Gasteiger partial charge >= 0.3 is 0 Å². The van der Waals surface area contributed by atoms with E-state index in [4.69, 9.17) is 4.74 Å². The van der Waals surface area contributed by atoms with Crippen molar-refractivity contribution in [2.45, 2.75) is 33.0 Å². The van der Waals surface area contributed by atoms with Crippen molar-refractivity contribution in [1.82, 2.24) is 15.1 Å². The predicted octanol–water partition coefficient (Wildman–Crippen LogP) is 1.99. The molecular formula is C18H21N3O3. The van der Waals surface area contributed by atoms with Crippen molar-refractivity contribution in [3.05, 3.63) is 63.1 Å². The molecule has 3 rings (SSSR count). The smallest absolute Gasteiger partial charge is 0.277 e. The number of nitrogens with zero attached hydrogens (tertiary/aromatic N) is 2. The summed E-state index contributed by atoms with van der Waals surface area (Å²) in [4.78, 5) is 26.7. The number of carbonyl (C=O) groups excluding carboxylic acids is 1. The lowest BCUT2D eigenvalue weighted by atomic mass is 10.0. The van der Waals surface area contributed by atoms with Crippen LogP contribution in [-0.2, 0) is 4.74 Å². The fourth-order valence-corrected chi connectivity index (χ4v) is 3.01. The number of amides is 1. The van der Waals surface area contributed by atoms with E-state index in [1.165, 1.54) is 0 Å². The third-order valence-electron chi connectivity index (χ3n) is 4.40. The first-order valence-corrected chi connectivity index (χ1v) is 8.03. The van der Waals surface area contributed by atoms with Gasteiger partial charge in [-0.05, 0) is 31.9 Å². The number of morpholine rings is 1. The quantitative estimate of drug-likeness (QED) is 0.915. The summed E-state index contributed by atoms with van der Waals surface area (Å²) in [6, 6.07) is 9.82. The number of hydrogen-bond donors (Lipinski definition) is 1. The molecule has 0 unspecified atom stereocenters. The lowest BCUT2D eigenvalue weighted by Gasteiger charge is -2.37. The Morgan fingerprint density at radius 3 is 2.67 bits per heavy atom. The van der Waals surface area contributed by atoms with Crippen LogP contribution in [0.3, 0.4) is 0 Å². The van der Waals surface area contributed by atoms with Gasteiger partial charge in [-0.2, -0.15) is 5.10 Å². The summed E-state index contributed by atoms with van der Waals surface area (Å²) < 4.78 is 5.98. The molecule has 2 heterocycles.